The molecule has 2 rings (SSSR count). The average Bonchev–Trinajstić information content (AvgIpc) is 2.81. The van der Waals surface area contributed by atoms with Gasteiger partial charge in [0.1, 0.15) is 6.04 Å². The van der Waals surface area contributed by atoms with E-state index >= 15 is 0 Å². The van der Waals surface area contributed by atoms with Crippen LogP contribution in [-0.2, 0) is 14.3 Å². The maximum Gasteiger partial charge on any atom is 0.328 e. The summed E-state index contributed by atoms with van der Waals surface area (Å²) >= 11 is 0. The van der Waals surface area contributed by atoms with Crippen LogP contribution < -0.4 is 10.6 Å². The number of rotatable bonds is 3. The van der Waals surface area contributed by atoms with Crippen molar-refractivity contribution in [2.45, 2.75) is 18.9 Å². The van der Waals surface area contributed by atoms with Crippen LogP contribution in [0.2, 0.25) is 0 Å². The van der Waals surface area contributed by atoms with Crippen LogP contribution in [0.5, 0.6) is 0 Å². The number of fused-ring (bicyclic) bond motifs is 1. The molecule has 1 aromatic carbocycles. The number of ether oxygens (including phenoxy) is 1. The molecule has 1 amide bonds. The van der Waals surface area contributed by atoms with Crippen molar-refractivity contribution in [3.05, 3.63) is 29.8 Å². The van der Waals surface area contributed by atoms with Crippen molar-refractivity contribution in [2.24, 2.45) is 0 Å². The van der Waals surface area contributed by atoms with Gasteiger partial charge in [-0.1, -0.05) is 18.2 Å². The highest BCUT2D eigenvalue weighted by Gasteiger charge is 2.29. The van der Waals surface area contributed by atoms with Crippen molar-refractivity contribution in [3.63, 3.8) is 0 Å². The van der Waals surface area contributed by atoms with E-state index in [1.54, 1.807) is 6.92 Å². The maximum atomic E-state index is 12.1. The summed E-state index contributed by atoms with van der Waals surface area (Å²) < 4.78 is 4.58. The number of anilines is 1. The van der Waals surface area contributed by atoms with Crippen LogP contribution in [0.3, 0.4) is 0 Å². The van der Waals surface area contributed by atoms with E-state index in [0.717, 1.165) is 11.3 Å². The Morgan fingerprint density at radius 1 is 1.44 bits per heavy atom. The van der Waals surface area contributed by atoms with Crippen LogP contribution in [0.1, 0.15) is 18.4 Å². The summed E-state index contributed by atoms with van der Waals surface area (Å²) in [6, 6.07) is 7.04. The van der Waals surface area contributed by atoms with Gasteiger partial charge in [0.25, 0.3) is 0 Å². The van der Waals surface area contributed by atoms with E-state index in [9.17, 15) is 9.59 Å². The molecule has 1 aliphatic rings. The molecule has 0 spiro atoms. The standard InChI is InChI=1S/C13H16N2O3/c1-8(13(17)18-2)15-12(16)10-7-14-11-6-4-3-5-9(10)11/h3-6,8,10,14H,7H2,1-2H3,(H,15,16)/t8-,10?/m0/s1. The molecule has 1 aromatic rings. The van der Waals surface area contributed by atoms with Crippen LogP contribution in [0.25, 0.3) is 0 Å². The topological polar surface area (TPSA) is 67.4 Å². The lowest BCUT2D eigenvalue weighted by Gasteiger charge is -2.15. The number of benzene rings is 1. The minimum absolute atomic E-state index is 0.162. The Bertz CT molecular complexity index is 473. The molecule has 1 heterocycles. The van der Waals surface area contributed by atoms with Gasteiger partial charge in [0.2, 0.25) is 5.91 Å². The van der Waals surface area contributed by atoms with Crippen LogP contribution >= 0.6 is 0 Å². The second-order valence-corrected chi connectivity index (χ2v) is 4.27. The van der Waals surface area contributed by atoms with Gasteiger partial charge >= 0.3 is 5.97 Å². The smallest absolute Gasteiger partial charge is 0.328 e. The van der Waals surface area contributed by atoms with E-state index in [4.69, 9.17) is 0 Å². The monoisotopic (exact) mass is 248 g/mol. The molecule has 0 saturated heterocycles. The summed E-state index contributed by atoms with van der Waals surface area (Å²) in [5.41, 5.74) is 1.94. The number of carbonyl (C=O) groups excluding carboxylic acids is 2. The molecule has 0 radical (unpaired) electrons. The highest BCUT2D eigenvalue weighted by molar-refractivity contribution is 5.91. The molecule has 0 fully saturated rings. The first kappa shape index (κ1) is 12.4. The molecule has 96 valence electrons. The van der Waals surface area contributed by atoms with Crippen molar-refractivity contribution >= 4 is 17.6 Å². The summed E-state index contributed by atoms with van der Waals surface area (Å²) in [4.78, 5) is 23.3. The number of hydrogen-bond acceptors (Lipinski definition) is 4. The van der Waals surface area contributed by atoms with E-state index in [0.29, 0.717) is 6.54 Å². The Balaban J connectivity index is 2.06. The van der Waals surface area contributed by atoms with Crippen molar-refractivity contribution in [1.29, 1.82) is 0 Å². The van der Waals surface area contributed by atoms with Crippen LogP contribution in [-0.4, -0.2) is 31.6 Å². The molecule has 0 bridgehead atoms. The SMILES string of the molecule is COC(=O)[C@H](C)NC(=O)C1CNc2ccccc21. The Morgan fingerprint density at radius 3 is 2.89 bits per heavy atom. The summed E-state index contributed by atoms with van der Waals surface area (Å²) in [7, 11) is 1.30. The molecule has 0 aliphatic carbocycles. The number of carbonyl (C=O) groups is 2. The zero-order chi connectivity index (χ0) is 13.1. The molecule has 5 nitrogen and oxygen atoms in total. The minimum atomic E-state index is -0.629. The predicted molar refractivity (Wildman–Crippen MR) is 67.3 cm³/mol. The normalized spacial score (nSPS) is 18.4. The van der Waals surface area contributed by atoms with Crippen LogP contribution in [0.4, 0.5) is 5.69 Å². The van der Waals surface area contributed by atoms with Crippen molar-refractivity contribution < 1.29 is 14.3 Å². The highest BCUT2D eigenvalue weighted by atomic mass is 16.5. The summed E-state index contributed by atoms with van der Waals surface area (Å²) in [5, 5.41) is 5.83. The molecule has 2 N–H and O–H groups in total. The Labute approximate surface area is 106 Å². The van der Waals surface area contributed by atoms with Gasteiger partial charge in [0.05, 0.1) is 13.0 Å². The fourth-order valence-electron chi connectivity index (χ4n) is 2.07. The lowest BCUT2D eigenvalue weighted by atomic mass is 10.0. The van der Waals surface area contributed by atoms with Crippen LogP contribution in [0, 0.1) is 0 Å². The molecular formula is C13H16N2O3. The zero-order valence-electron chi connectivity index (χ0n) is 10.4. The second kappa shape index (κ2) is 5.08. The third-order valence-corrected chi connectivity index (χ3v) is 3.06. The number of methoxy groups -OCH3 is 1. The number of hydrogen-bond donors (Lipinski definition) is 2. The number of para-hydroxylation sites is 1. The van der Waals surface area contributed by atoms with Crippen LogP contribution in [0.15, 0.2) is 24.3 Å². The van der Waals surface area contributed by atoms with Crippen molar-refractivity contribution in [3.8, 4) is 0 Å². The van der Waals surface area contributed by atoms with Gasteiger partial charge in [0, 0.05) is 12.2 Å². The average molecular weight is 248 g/mol. The second-order valence-electron chi connectivity index (χ2n) is 4.27. The van der Waals surface area contributed by atoms with E-state index in [-0.39, 0.29) is 11.8 Å². The largest absolute Gasteiger partial charge is 0.467 e. The van der Waals surface area contributed by atoms with Gasteiger partial charge in [0.15, 0.2) is 0 Å². The fourth-order valence-corrected chi connectivity index (χ4v) is 2.07. The first-order valence-electron chi connectivity index (χ1n) is 5.84. The maximum absolute atomic E-state index is 12.1. The van der Waals surface area contributed by atoms with Gasteiger partial charge in [-0.3, -0.25) is 4.79 Å². The van der Waals surface area contributed by atoms with E-state index < -0.39 is 12.0 Å². The number of amides is 1. The molecule has 5 heteroatoms. The van der Waals surface area contributed by atoms with Gasteiger partial charge in [-0.25, -0.2) is 4.79 Å². The third kappa shape index (κ3) is 2.30. The first-order valence-corrected chi connectivity index (χ1v) is 5.84. The molecular weight excluding hydrogens is 232 g/mol. The zero-order valence-corrected chi connectivity index (χ0v) is 10.4. The van der Waals surface area contributed by atoms with Gasteiger partial charge < -0.3 is 15.4 Å². The molecule has 18 heavy (non-hydrogen) atoms. The lowest BCUT2D eigenvalue weighted by molar-refractivity contribution is -0.144. The highest BCUT2D eigenvalue weighted by Crippen LogP contribution is 2.30. The Morgan fingerprint density at radius 2 is 2.17 bits per heavy atom. The quantitative estimate of drug-likeness (QED) is 0.779. The molecule has 2 atom stereocenters. The molecule has 0 aromatic heterocycles. The van der Waals surface area contributed by atoms with E-state index in [1.807, 2.05) is 24.3 Å². The fraction of sp³-hybridized carbons (Fsp3) is 0.385. The van der Waals surface area contributed by atoms with Gasteiger partial charge in [-0.15, -0.1) is 0 Å². The summed E-state index contributed by atoms with van der Waals surface area (Å²) in [5.74, 6) is -0.860. The third-order valence-electron chi connectivity index (χ3n) is 3.06. The lowest BCUT2D eigenvalue weighted by Crippen LogP contribution is -2.42. The van der Waals surface area contributed by atoms with Crippen molar-refractivity contribution in [1.82, 2.24) is 5.32 Å². The van der Waals surface area contributed by atoms with E-state index in [1.165, 1.54) is 7.11 Å². The Hall–Kier alpha value is -2.04. The molecule has 0 saturated carbocycles. The predicted octanol–water partition coefficient (Wildman–Crippen LogP) is 0.873. The summed E-state index contributed by atoms with van der Waals surface area (Å²) in [6.45, 7) is 2.16. The van der Waals surface area contributed by atoms with E-state index in [2.05, 4.69) is 15.4 Å². The number of nitrogens with one attached hydrogen (secondary N) is 2. The van der Waals surface area contributed by atoms with Gasteiger partial charge in [-0.2, -0.15) is 0 Å². The Kier molecular flexibility index (Phi) is 3.50. The number of esters is 1. The first-order chi connectivity index (χ1) is 8.63. The molecule has 1 aliphatic heterocycles. The molecule has 1 unspecified atom stereocenters. The van der Waals surface area contributed by atoms with Gasteiger partial charge in [-0.05, 0) is 18.6 Å². The van der Waals surface area contributed by atoms with Crippen molar-refractivity contribution in [2.75, 3.05) is 19.0 Å². The minimum Gasteiger partial charge on any atom is -0.467 e. The summed E-state index contributed by atoms with van der Waals surface area (Å²) in [6.07, 6.45) is 0.